The highest BCUT2D eigenvalue weighted by Crippen LogP contribution is 2.33. The zero-order chi connectivity index (χ0) is 18.7. The number of hydrogen-bond donors (Lipinski definition) is 2. The van der Waals surface area contributed by atoms with E-state index in [2.05, 4.69) is 10.1 Å². The highest BCUT2D eigenvalue weighted by atomic mass is 127. The maximum Gasteiger partial charge on any atom is 0.337 e. The van der Waals surface area contributed by atoms with E-state index in [1.54, 1.807) is 6.07 Å². The second kappa shape index (κ2) is 7.99. The van der Waals surface area contributed by atoms with Gasteiger partial charge in [-0.2, -0.15) is 5.26 Å². The Labute approximate surface area is 161 Å². The van der Waals surface area contributed by atoms with Crippen LogP contribution in [0.25, 0.3) is 0 Å². The molecule has 0 saturated heterocycles. The van der Waals surface area contributed by atoms with Gasteiger partial charge in [0.05, 0.1) is 36.5 Å². The van der Waals surface area contributed by atoms with Crippen LogP contribution in [0.5, 0.6) is 0 Å². The van der Waals surface area contributed by atoms with Gasteiger partial charge in [0.15, 0.2) is 5.82 Å². The smallest absolute Gasteiger partial charge is 0.337 e. The van der Waals surface area contributed by atoms with Crippen LogP contribution in [0.3, 0.4) is 0 Å². The number of nitrogens with zero attached hydrogens (tertiary/aromatic N) is 2. The Hall–Kier alpha value is -1.90. The molecule has 132 valence electrons. The van der Waals surface area contributed by atoms with E-state index in [1.165, 1.54) is 18.1 Å². The maximum atomic E-state index is 14.1. The van der Waals surface area contributed by atoms with Crippen LogP contribution < -0.4 is 5.32 Å². The Morgan fingerprint density at radius 1 is 1.64 bits per heavy atom. The number of benzene rings is 1. The van der Waals surface area contributed by atoms with Gasteiger partial charge in [-0.15, -0.1) is 0 Å². The van der Waals surface area contributed by atoms with Crippen molar-refractivity contribution in [2.75, 3.05) is 32.1 Å². The largest absolute Gasteiger partial charge is 0.466 e. The number of carbonyl (C=O) groups is 2. The zero-order valence-electron chi connectivity index (χ0n) is 12.9. The minimum atomic E-state index is -0.926. The Bertz CT molecular complexity index is 822. The van der Waals surface area contributed by atoms with Crippen molar-refractivity contribution in [3.05, 3.63) is 37.3 Å². The fourth-order valence-corrected chi connectivity index (χ4v) is 3.40. The lowest BCUT2D eigenvalue weighted by atomic mass is 10.1. The van der Waals surface area contributed by atoms with E-state index in [0.29, 0.717) is 3.57 Å². The Balaban J connectivity index is 2.53. The first-order valence-corrected chi connectivity index (χ1v) is 8.37. The van der Waals surface area contributed by atoms with E-state index in [9.17, 15) is 19.2 Å². The van der Waals surface area contributed by atoms with E-state index in [-0.39, 0.29) is 47.2 Å². The van der Waals surface area contributed by atoms with Crippen molar-refractivity contribution in [3.63, 3.8) is 0 Å². The zero-order valence-corrected chi connectivity index (χ0v) is 15.8. The van der Waals surface area contributed by atoms with Gasteiger partial charge in [-0.05, 0) is 28.7 Å². The average molecular weight is 480 g/mol. The molecule has 0 saturated carbocycles. The molecule has 0 aromatic heterocycles. The minimum absolute atomic E-state index is 0.0156. The SMILES string of the molecule is COC(=O)C1=C(Nc2c(I)cc(Cl)c(F)c2C#N)C(=O)N(CCO)C1. The Morgan fingerprint density at radius 3 is 2.88 bits per heavy atom. The minimum Gasteiger partial charge on any atom is -0.466 e. The summed E-state index contributed by atoms with van der Waals surface area (Å²) >= 11 is 7.57. The molecule has 0 atom stereocenters. The van der Waals surface area contributed by atoms with Gasteiger partial charge in [0.2, 0.25) is 0 Å². The molecule has 0 fully saturated rings. The summed E-state index contributed by atoms with van der Waals surface area (Å²) in [5.74, 6) is -2.23. The van der Waals surface area contributed by atoms with Crippen LogP contribution in [0, 0.1) is 20.7 Å². The number of amides is 1. The molecule has 0 unspecified atom stereocenters. The van der Waals surface area contributed by atoms with Crippen LogP contribution in [0.2, 0.25) is 5.02 Å². The standard InChI is InChI=1S/C15H12ClFIN3O4/c1-25-15(24)8-6-21(2-3-22)14(23)13(8)20-12-7(5-19)11(17)9(16)4-10(12)18/h4,20,22H,2-3,6H2,1H3. The number of ether oxygens (including phenoxy) is 1. The molecule has 1 aliphatic rings. The van der Waals surface area contributed by atoms with Gasteiger partial charge in [-0.3, -0.25) is 4.79 Å². The van der Waals surface area contributed by atoms with Crippen molar-refractivity contribution in [1.82, 2.24) is 4.90 Å². The molecule has 1 heterocycles. The maximum absolute atomic E-state index is 14.1. The van der Waals surface area contributed by atoms with Crippen molar-refractivity contribution < 1.29 is 23.8 Å². The normalized spacial score (nSPS) is 13.9. The lowest BCUT2D eigenvalue weighted by Gasteiger charge is -2.16. The lowest BCUT2D eigenvalue weighted by Crippen LogP contribution is -2.31. The molecule has 0 radical (unpaired) electrons. The van der Waals surface area contributed by atoms with Crippen molar-refractivity contribution in [1.29, 1.82) is 5.26 Å². The number of aliphatic hydroxyl groups excluding tert-OH is 1. The molecule has 2 rings (SSSR count). The van der Waals surface area contributed by atoms with Gasteiger partial charge in [0.1, 0.15) is 17.3 Å². The summed E-state index contributed by atoms with van der Waals surface area (Å²) in [4.78, 5) is 25.7. The monoisotopic (exact) mass is 479 g/mol. The number of nitrogens with one attached hydrogen (secondary N) is 1. The third-order valence-corrected chi connectivity index (χ3v) is 4.61. The second-order valence-corrected chi connectivity index (χ2v) is 6.51. The number of esters is 1. The van der Waals surface area contributed by atoms with Gasteiger partial charge in [0.25, 0.3) is 5.91 Å². The first kappa shape index (κ1) is 19.4. The topological polar surface area (TPSA) is 103 Å². The van der Waals surface area contributed by atoms with Gasteiger partial charge < -0.3 is 20.1 Å². The number of anilines is 1. The number of nitriles is 1. The second-order valence-electron chi connectivity index (χ2n) is 4.94. The average Bonchev–Trinajstić information content (AvgIpc) is 2.89. The van der Waals surface area contributed by atoms with Gasteiger partial charge >= 0.3 is 5.97 Å². The lowest BCUT2D eigenvalue weighted by molar-refractivity contribution is -0.136. The molecular weight excluding hydrogens is 468 g/mol. The number of rotatable bonds is 5. The predicted octanol–water partition coefficient (Wildman–Crippen LogP) is 1.63. The summed E-state index contributed by atoms with van der Waals surface area (Å²) in [5, 5.41) is 20.7. The first-order chi connectivity index (χ1) is 11.8. The fourth-order valence-electron chi connectivity index (χ4n) is 2.30. The van der Waals surface area contributed by atoms with E-state index < -0.39 is 17.7 Å². The molecule has 1 aliphatic heterocycles. The van der Waals surface area contributed by atoms with Crippen molar-refractivity contribution in [3.8, 4) is 6.07 Å². The summed E-state index contributed by atoms with van der Waals surface area (Å²) in [6.07, 6.45) is 0. The van der Waals surface area contributed by atoms with E-state index in [1.807, 2.05) is 22.6 Å². The molecule has 0 aliphatic carbocycles. The van der Waals surface area contributed by atoms with Crippen molar-refractivity contribution in [2.24, 2.45) is 0 Å². The Kier molecular flexibility index (Phi) is 6.21. The molecule has 10 heteroatoms. The van der Waals surface area contributed by atoms with E-state index >= 15 is 0 Å². The highest BCUT2D eigenvalue weighted by molar-refractivity contribution is 14.1. The molecule has 2 N–H and O–H groups in total. The molecule has 1 aromatic carbocycles. The summed E-state index contributed by atoms with van der Waals surface area (Å²) in [5.41, 5.74) is -0.449. The molecular formula is C15H12ClFIN3O4. The van der Waals surface area contributed by atoms with Crippen LogP contribution >= 0.6 is 34.2 Å². The summed E-state index contributed by atoms with van der Waals surface area (Å²) in [6.45, 7) is -0.339. The summed E-state index contributed by atoms with van der Waals surface area (Å²) in [7, 11) is 1.17. The number of hydrogen-bond acceptors (Lipinski definition) is 6. The molecule has 1 aromatic rings. The highest BCUT2D eigenvalue weighted by Gasteiger charge is 2.35. The van der Waals surface area contributed by atoms with Crippen molar-refractivity contribution >= 4 is 51.8 Å². The fraction of sp³-hybridized carbons (Fsp3) is 0.267. The van der Waals surface area contributed by atoms with E-state index in [4.69, 9.17) is 16.7 Å². The molecule has 0 bridgehead atoms. The van der Waals surface area contributed by atoms with Crippen molar-refractivity contribution in [2.45, 2.75) is 0 Å². The molecule has 0 spiro atoms. The quantitative estimate of drug-likeness (QED) is 0.378. The number of carbonyl (C=O) groups excluding carboxylic acids is 2. The van der Waals surface area contributed by atoms with Crippen LogP contribution in [0.1, 0.15) is 5.56 Å². The summed E-state index contributed by atoms with van der Waals surface area (Å²) < 4.78 is 19.2. The molecule has 1 amide bonds. The van der Waals surface area contributed by atoms with Gasteiger partial charge in [0, 0.05) is 10.1 Å². The number of aliphatic hydroxyl groups is 1. The third kappa shape index (κ3) is 3.70. The van der Waals surface area contributed by atoms with Crippen LogP contribution in [-0.2, 0) is 14.3 Å². The Morgan fingerprint density at radius 2 is 2.32 bits per heavy atom. The number of β-amino-alcohol motifs (C(OH)–C–C–N with tert-alkyl or cyclic N) is 1. The predicted molar refractivity (Wildman–Crippen MR) is 95.2 cm³/mol. The van der Waals surface area contributed by atoms with E-state index in [0.717, 1.165) is 0 Å². The molecule has 7 nitrogen and oxygen atoms in total. The van der Waals surface area contributed by atoms with Gasteiger partial charge in [-0.25, -0.2) is 9.18 Å². The van der Waals surface area contributed by atoms with Crippen LogP contribution in [0.4, 0.5) is 10.1 Å². The first-order valence-electron chi connectivity index (χ1n) is 6.91. The number of halogens is 3. The third-order valence-electron chi connectivity index (χ3n) is 3.49. The molecule has 25 heavy (non-hydrogen) atoms. The summed E-state index contributed by atoms with van der Waals surface area (Å²) in [6, 6.07) is 2.99. The van der Waals surface area contributed by atoms with Crippen LogP contribution in [0.15, 0.2) is 17.3 Å². The van der Waals surface area contributed by atoms with Gasteiger partial charge in [-0.1, -0.05) is 11.6 Å². The van der Waals surface area contributed by atoms with Crippen LogP contribution in [-0.4, -0.2) is 48.7 Å². The number of methoxy groups -OCH3 is 1.